The number of carbonyl (C=O) groups excluding carboxylic acids is 1. The number of benzene rings is 3. The van der Waals surface area contributed by atoms with Crippen molar-refractivity contribution >= 4 is 16.8 Å². The lowest BCUT2D eigenvalue weighted by molar-refractivity contribution is 0.0914. The van der Waals surface area contributed by atoms with Crippen LogP contribution in [0.25, 0.3) is 10.9 Å². The van der Waals surface area contributed by atoms with Crippen molar-refractivity contribution in [3.05, 3.63) is 101 Å². The number of fused-ring (bicyclic) bond motifs is 1. The summed E-state index contributed by atoms with van der Waals surface area (Å²) in [5.74, 6) is 0.190. The number of phenols is 1. The minimum absolute atomic E-state index is 0.0374. The summed E-state index contributed by atoms with van der Waals surface area (Å²) >= 11 is 0. The van der Waals surface area contributed by atoms with Crippen molar-refractivity contribution in [2.45, 2.75) is 18.9 Å². The van der Waals surface area contributed by atoms with Gasteiger partial charge in [0.2, 0.25) is 0 Å². The highest BCUT2D eigenvalue weighted by molar-refractivity contribution is 6.02. The molecule has 1 atom stereocenters. The highest BCUT2D eigenvalue weighted by Crippen LogP contribution is 2.28. The molecule has 0 saturated carbocycles. The zero-order chi connectivity index (χ0) is 23.2. The molecule has 1 unspecified atom stereocenters. The summed E-state index contributed by atoms with van der Waals surface area (Å²) in [4.78, 5) is 17.3. The Labute approximate surface area is 192 Å². The van der Waals surface area contributed by atoms with Gasteiger partial charge in [0.15, 0.2) is 5.75 Å². The lowest BCUT2D eigenvalue weighted by Crippen LogP contribution is -2.28. The summed E-state index contributed by atoms with van der Waals surface area (Å²) < 4.78 is 5.19. The fourth-order valence-corrected chi connectivity index (χ4v) is 3.68. The van der Waals surface area contributed by atoms with Gasteiger partial charge in [0, 0.05) is 17.6 Å². The zero-order valence-electron chi connectivity index (χ0n) is 18.4. The van der Waals surface area contributed by atoms with Crippen LogP contribution in [0.1, 0.15) is 33.3 Å². The molecule has 0 aliphatic heterocycles. The van der Waals surface area contributed by atoms with Crippen molar-refractivity contribution in [2.75, 3.05) is 13.7 Å². The number of hydrogen-bond acceptors (Lipinski definition) is 5. The topological polar surface area (TPSA) is 91.7 Å². The van der Waals surface area contributed by atoms with Crippen LogP contribution < -0.4 is 10.1 Å². The van der Waals surface area contributed by atoms with Gasteiger partial charge >= 0.3 is 0 Å². The number of ether oxygens (including phenoxy) is 1. The average molecular weight is 443 g/mol. The zero-order valence-corrected chi connectivity index (χ0v) is 18.4. The third kappa shape index (κ3) is 5.30. The second kappa shape index (κ2) is 10.1. The SMILES string of the molecule is COc1ccc(CCc2ccc3ccc(C(=O)NCC(O)c4ccccc4)c(O)c3n2)cc1. The van der Waals surface area contributed by atoms with E-state index in [-0.39, 0.29) is 17.9 Å². The van der Waals surface area contributed by atoms with Crippen molar-refractivity contribution < 1.29 is 19.7 Å². The quantitative estimate of drug-likeness (QED) is 0.380. The van der Waals surface area contributed by atoms with E-state index in [2.05, 4.69) is 10.3 Å². The first-order valence-electron chi connectivity index (χ1n) is 10.8. The van der Waals surface area contributed by atoms with Gasteiger partial charge in [-0.3, -0.25) is 4.79 Å². The van der Waals surface area contributed by atoms with Crippen LogP contribution in [0.4, 0.5) is 0 Å². The van der Waals surface area contributed by atoms with Crippen molar-refractivity contribution in [1.82, 2.24) is 10.3 Å². The van der Waals surface area contributed by atoms with E-state index in [4.69, 9.17) is 4.74 Å². The van der Waals surface area contributed by atoms with Crippen LogP contribution >= 0.6 is 0 Å². The summed E-state index contributed by atoms with van der Waals surface area (Å²) in [6.07, 6.45) is 0.655. The number of carbonyl (C=O) groups is 1. The maximum absolute atomic E-state index is 12.7. The van der Waals surface area contributed by atoms with Crippen LogP contribution in [0.5, 0.6) is 11.5 Å². The van der Waals surface area contributed by atoms with Crippen LogP contribution in [0.2, 0.25) is 0 Å². The van der Waals surface area contributed by atoms with Gasteiger partial charge in [0.05, 0.1) is 18.8 Å². The molecule has 0 aliphatic rings. The minimum atomic E-state index is -0.833. The molecular weight excluding hydrogens is 416 g/mol. The number of methoxy groups -OCH3 is 1. The molecule has 3 aromatic carbocycles. The molecule has 168 valence electrons. The van der Waals surface area contributed by atoms with E-state index < -0.39 is 12.0 Å². The normalized spacial score (nSPS) is 11.8. The number of phenolic OH excluding ortho intramolecular Hbond substituents is 1. The molecule has 0 aliphatic carbocycles. The molecule has 0 radical (unpaired) electrons. The average Bonchev–Trinajstić information content (AvgIpc) is 2.87. The third-order valence-electron chi connectivity index (χ3n) is 5.61. The fourth-order valence-electron chi connectivity index (χ4n) is 3.68. The Morgan fingerprint density at radius 1 is 0.970 bits per heavy atom. The van der Waals surface area contributed by atoms with Gasteiger partial charge in [-0.2, -0.15) is 0 Å². The number of aliphatic hydroxyl groups is 1. The van der Waals surface area contributed by atoms with Crippen LogP contribution in [0.3, 0.4) is 0 Å². The molecule has 0 spiro atoms. The van der Waals surface area contributed by atoms with Gasteiger partial charge in [0.25, 0.3) is 5.91 Å². The van der Waals surface area contributed by atoms with Crippen LogP contribution in [-0.4, -0.2) is 34.8 Å². The number of amides is 1. The Bertz CT molecular complexity index is 1240. The Balaban J connectivity index is 1.46. The van der Waals surface area contributed by atoms with Crippen LogP contribution in [0, 0.1) is 0 Å². The lowest BCUT2D eigenvalue weighted by atomic mass is 10.0. The van der Waals surface area contributed by atoms with Gasteiger partial charge in [0.1, 0.15) is 11.3 Å². The maximum Gasteiger partial charge on any atom is 0.255 e. The first-order valence-corrected chi connectivity index (χ1v) is 10.8. The molecule has 33 heavy (non-hydrogen) atoms. The minimum Gasteiger partial charge on any atom is -0.505 e. The number of aromatic nitrogens is 1. The standard InChI is InChI=1S/C27H26N2O4/c1-33-22-14-8-18(9-15-22)7-12-21-13-10-20-11-16-23(26(31)25(20)29-21)27(32)28-17-24(30)19-5-3-2-4-6-19/h2-6,8-11,13-16,24,30-31H,7,12,17H2,1H3,(H,28,32). The summed E-state index contributed by atoms with van der Waals surface area (Å²) in [7, 11) is 1.64. The summed E-state index contributed by atoms with van der Waals surface area (Å²) in [5, 5.41) is 24.5. The molecule has 1 aromatic heterocycles. The van der Waals surface area contributed by atoms with E-state index in [0.717, 1.165) is 28.8 Å². The summed E-state index contributed by atoms with van der Waals surface area (Å²) in [6, 6.07) is 24.1. The van der Waals surface area contributed by atoms with Gasteiger partial charge in [-0.05, 0) is 48.2 Å². The number of nitrogens with zero attached hydrogens (tertiary/aromatic N) is 1. The molecule has 0 fully saturated rings. The molecule has 0 bridgehead atoms. The maximum atomic E-state index is 12.7. The molecule has 6 heteroatoms. The van der Waals surface area contributed by atoms with Crippen molar-refractivity contribution in [1.29, 1.82) is 0 Å². The number of aryl methyl sites for hydroxylation is 2. The third-order valence-corrected chi connectivity index (χ3v) is 5.61. The molecule has 4 aromatic rings. The van der Waals surface area contributed by atoms with Gasteiger partial charge in [-0.25, -0.2) is 4.98 Å². The molecule has 1 amide bonds. The smallest absolute Gasteiger partial charge is 0.255 e. The number of hydrogen-bond donors (Lipinski definition) is 3. The second-order valence-electron chi connectivity index (χ2n) is 7.82. The van der Waals surface area contributed by atoms with Crippen molar-refractivity contribution in [3.8, 4) is 11.5 Å². The Kier molecular flexibility index (Phi) is 6.86. The van der Waals surface area contributed by atoms with E-state index in [1.807, 2.05) is 54.6 Å². The van der Waals surface area contributed by atoms with Crippen molar-refractivity contribution in [3.63, 3.8) is 0 Å². The monoisotopic (exact) mass is 442 g/mol. The lowest BCUT2D eigenvalue weighted by Gasteiger charge is -2.13. The first kappa shape index (κ1) is 22.3. The molecular formula is C27H26N2O4. The highest BCUT2D eigenvalue weighted by Gasteiger charge is 2.17. The number of pyridine rings is 1. The van der Waals surface area contributed by atoms with E-state index in [1.54, 1.807) is 31.4 Å². The fraction of sp³-hybridized carbons (Fsp3) is 0.185. The first-order chi connectivity index (χ1) is 16.0. The van der Waals surface area contributed by atoms with Crippen LogP contribution in [0.15, 0.2) is 78.9 Å². The highest BCUT2D eigenvalue weighted by atomic mass is 16.5. The molecule has 0 saturated heterocycles. The van der Waals surface area contributed by atoms with E-state index in [0.29, 0.717) is 17.5 Å². The Morgan fingerprint density at radius 3 is 2.42 bits per heavy atom. The predicted molar refractivity (Wildman–Crippen MR) is 128 cm³/mol. The van der Waals surface area contributed by atoms with Gasteiger partial charge in [-0.1, -0.05) is 54.6 Å². The predicted octanol–water partition coefficient (Wildman–Crippen LogP) is 4.20. The van der Waals surface area contributed by atoms with Crippen LogP contribution in [-0.2, 0) is 12.8 Å². The Morgan fingerprint density at radius 2 is 1.70 bits per heavy atom. The van der Waals surface area contributed by atoms with E-state index in [9.17, 15) is 15.0 Å². The summed E-state index contributed by atoms with van der Waals surface area (Å²) in [5.41, 5.74) is 3.21. The molecule has 3 N–H and O–H groups in total. The number of aliphatic hydroxyl groups excluding tert-OH is 1. The van der Waals surface area contributed by atoms with Crippen molar-refractivity contribution in [2.24, 2.45) is 0 Å². The number of aromatic hydroxyl groups is 1. The summed E-state index contributed by atoms with van der Waals surface area (Å²) in [6.45, 7) is 0.0374. The molecule has 4 rings (SSSR count). The van der Waals surface area contributed by atoms with E-state index in [1.165, 1.54) is 0 Å². The number of nitrogens with one attached hydrogen (secondary N) is 1. The largest absolute Gasteiger partial charge is 0.505 e. The second-order valence-corrected chi connectivity index (χ2v) is 7.82. The molecule has 1 heterocycles. The molecule has 6 nitrogen and oxygen atoms in total. The van der Waals surface area contributed by atoms with E-state index >= 15 is 0 Å². The van der Waals surface area contributed by atoms with Gasteiger partial charge < -0.3 is 20.3 Å². The number of rotatable bonds is 8. The van der Waals surface area contributed by atoms with Gasteiger partial charge in [-0.15, -0.1) is 0 Å². The Hall–Kier alpha value is -3.90.